The molecule has 0 aromatic rings. The van der Waals surface area contributed by atoms with E-state index in [-0.39, 0.29) is 29.5 Å². The van der Waals surface area contributed by atoms with Gasteiger partial charge in [0.1, 0.15) is 6.04 Å². The standard InChI is InChI=1S/C11H18N2O5S2/c1-7-6-20(17,18)4-3-12(7)11(16)13-8(2)19-5-9(13)10(14)15/h7-9H,3-6H2,1-2H3,(H,14,15). The summed E-state index contributed by atoms with van der Waals surface area (Å²) in [7, 11) is -3.10. The van der Waals surface area contributed by atoms with Crippen LogP contribution < -0.4 is 0 Å². The van der Waals surface area contributed by atoms with E-state index >= 15 is 0 Å². The molecule has 2 amide bonds. The Hall–Kier alpha value is -0.960. The molecule has 0 aromatic carbocycles. The molecule has 0 spiro atoms. The molecule has 2 rings (SSSR count). The summed E-state index contributed by atoms with van der Waals surface area (Å²) in [5, 5.41) is 8.96. The molecule has 2 aliphatic rings. The zero-order chi connectivity index (χ0) is 15.1. The molecule has 9 heteroatoms. The third kappa shape index (κ3) is 2.88. The largest absolute Gasteiger partial charge is 0.480 e. The van der Waals surface area contributed by atoms with Crippen LogP contribution in [0.15, 0.2) is 0 Å². The van der Waals surface area contributed by atoms with Crippen molar-refractivity contribution in [3.63, 3.8) is 0 Å². The van der Waals surface area contributed by atoms with Gasteiger partial charge in [-0.05, 0) is 13.8 Å². The second-order valence-electron chi connectivity index (χ2n) is 5.13. The van der Waals surface area contributed by atoms with Gasteiger partial charge in [0.05, 0.1) is 16.9 Å². The van der Waals surface area contributed by atoms with Crippen LogP contribution in [0.25, 0.3) is 0 Å². The average Bonchev–Trinajstić information content (AvgIpc) is 2.69. The highest BCUT2D eigenvalue weighted by Gasteiger charge is 2.43. The second kappa shape index (κ2) is 5.44. The first kappa shape index (κ1) is 15.4. The molecule has 7 nitrogen and oxygen atoms in total. The van der Waals surface area contributed by atoms with Crippen molar-refractivity contribution in [2.24, 2.45) is 0 Å². The van der Waals surface area contributed by atoms with Gasteiger partial charge in [-0.15, -0.1) is 11.8 Å². The Balaban J connectivity index is 2.16. The minimum absolute atomic E-state index is 0.0593. The van der Waals surface area contributed by atoms with E-state index in [1.165, 1.54) is 21.6 Å². The SMILES string of the molecule is CC1CS(=O)(=O)CCN1C(=O)N1C(C)SCC1C(=O)O. The molecule has 1 N–H and O–H groups in total. The molecule has 2 heterocycles. The monoisotopic (exact) mass is 322 g/mol. The van der Waals surface area contributed by atoms with Gasteiger partial charge in [-0.25, -0.2) is 18.0 Å². The first-order valence-electron chi connectivity index (χ1n) is 6.36. The highest BCUT2D eigenvalue weighted by Crippen LogP contribution is 2.30. The van der Waals surface area contributed by atoms with Gasteiger partial charge in [0.15, 0.2) is 9.84 Å². The first-order chi connectivity index (χ1) is 9.23. The Bertz CT molecular complexity index is 521. The van der Waals surface area contributed by atoms with Gasteiger partial charge in [0.2, 0.25) is 0 Å². The van der Waals surface area contributed by atoms with E-state index in [1.807, 2.05) is 0 Å². The van der Waals surface area contributed by atoms with Gasteiger partial charge in [-0.1, -0.05) is 0 Å². The summed E-state index contributed by atoms with van der Waals surface area (Å²) in [6, 6.07) is -1.64. The lowest BCUT2D eigenvalue weighted by Gasteiger charge is -2.38. The minimum atomic E-state index is -3.10. The number of carbonyl (C=O) groups excluding carboxylic acids is 1. The number of sulfone groups is 1. The number of carboxylic acid groups (broad SMARTS) is 1. The maximum absolute atomic E-state index is 12.5. The number of urea groups is 1. The van der Waals surface area contributed by atoms with Gasteiger partial charge in [-0.2, -0.15) is 0 Å². The number of rotatable bonds is 1. The van der Waals surface area contributed by atoms with Crippen molar-refractivity contribution in [1.82, 2.24) is 9.80 Å². The highest BCUT2D eigenvalue weighted by atomic mass is 32.2. The smallest absolute Gasteiger partial charge is 0.327 e. The van der Waals surface area contributed by atoms with Crippen molar-refractivity contribution >= 4 is 33.6 Å². The van der Waals surface area contributed by atoms with E-state index in [2.05, 4.69) is 0 Å². The number of thioether (sulfide) groups is 1. The zero-order valence-corrected chi connectivity index (χ0v) is 13.0. The molecular weight excluding hydrogens is 304 g/mol. The molecule has 2 saturated heterocycles. The van der Waals surface area contributed by atoms with Gasteiger partial charge in [0.25, 0.3) is 0 Å². The Labute approximate surface area is 122 Å². The molecule has 2 fully saturated rings. The fourth-order valence-corrected chi connectivity index (χ4v) is 5.27. The fourth-order valence-electron chi connectivity index (χ4n) is 2.55. The Morgan fingerprint density at radius 2 is 1.95 bits per heavy atom. The molecule has 3 atom stereocenters. The molecule has 0 bridgehead atoms. The fraction of sp³-hybridized carbons (Fsp3) is 0.818. The summed E-state index contributed by atoms with van der Waals surface area (Å²) in [6.07, 6.45) is 0. The number of carbonyl (C=O) groups is 2. The number of hydrogen-bond acceptors (Lipinski definition) is 5. The van der Waals surface area contributed by atoms with Crippen LogP contribution in [-0.2, 0) is 14.6 Å². The first-order valence-corrected chi connectivity index (χ1v) is 9.23. The van der Waals surface area contributed by atoms with Gasteiger partial charge >= 0.3 is 12.0 Å². The quantitative estimate of drug-likeness (QED) is 0.734. The number of hydrogen-bond donors (Lipinski definition) is 1. The van der Waals surface area contributed by atoms with E-state index in [1.54, 1.807) is 13.8 Å². The molecule has 3 unspecified atom stereocenters. The summed E-state index contributed by atoms with van der Waals surface area (Å²) in [5.74, 6) is -0.780. The van der Waals surface area contributed by atoms with Crippen LogP contribution >= 0.6 is 11.8 Å². The van der Waals surface area contributed by atoms with Crippen LogP contribution in [0.2, 0.25) is 0 Å². The molecule has 20 heavy (non-hydrogen) atoms. The summed E-state index contributed by atoms with van der Waals surface area (Å²) in [6.45, 7) is 3.59. The van der Waals surface area contributed by atoms with Gasteiger partial charge < -0.3 is 10.0 Å². The Kier molecular flexibility index (Phi) is 4.19. The molecule has 0 aliphatic carbocycles. The van der Waals surface area contributed by atoms with Crippen LogP contribution in [-0.4, -0.2) is 76.6 Å². The summed E-state index contributed by atoms with van der Waals surface area (Å²) in [4.78, 5) is 26.6. The van der Waals surface area contributed by atoms with Crippen LogP contribution in [0.4, 0.5) is 4.79 Å². The minimum Gasteiger partial charge on any atom is -0.480 e. The van der Waals surface area contributed by atoms with Crippen LogP contribution in [0.3, 0.4) is 0 Å². The third-order valence-electron chi connectivity index (χ3n) is 3.64. The highest BCUT2D eigenvalue weighted by molar-refractivity contribution is 8.00. The van der Waals surface area contributed by atoms with Crippen LogP contribution in [0, 0.1) is 0 Å². The number of aliphatic carboxylic acids is 1. The van der Waals surface area contributed by atoms with Crippen molar-refractivity contribution in [1.29, 1.82) is 0 Å². The van der Waals surface area contributed by atoms with Crippen molar-refractivity contribution in [2.75, 3.05) is 23.8 Å². The van der Waals surface area contributed by atoms with E-state index in [9.17, 15) is 23.1 Å². The number of nitrogens with zero attached hydrogens (tertiary/aromatic N) is 2. The summed E-state index contributed by atoms with van der Waals surface area (Å²) in [5.41, 5.74) is 0. The lowest BCUT2D eigenvalue weighted by Crippen LogP contribution is -2.57. The maximum atomic E-state index is 12.5. The molecule has 0 radical (unpaired) electrons. The molecular formula is C11H18N2O5S2. The van der Waals surface area contributed by atoms with Crippen LogP contribution in [0.1, 0.15) is 13.8 Å². The number of carboxylic acids is 1. The van der Waals surface area contributed by atoms with Crippen LogP contribution in [0.5, 0.6) is 0 Å². The van der Waals surface area contributed by atoms with Gasteiger partial charge in [0, 0.05) is 18.3 Å². The molecule has 0 saturated carbocycles. The van der Waals surface area contributed by atoms with E-state index < -0.39 is 27.9 Å². The molecule has 0 aromatic heterocycles. The zero-order valence-electron chi connectivity index (χ0n) is 11.4. The normalized spacial score (nSPS) is 33.2. The molecule has 114 valence electrons. The predicted octanol–water partition coefficient (Wildman–Crippen LogP) is 0.0733. The average molecular weight is 322 g/mol. The maximum Gasteiger partial charge on any atom is 0.327 e. The third-order valence-corrected chi connectivity index (χ3v) is 6.66. The number of amides is 2. The lowest BCUT2D eigenvalue weighted by molar-refractivity contribution is -0.141. The van der Waals surface area contributed by atoms with Crippen molar-refractivity contribution in [3.8, 4) is 0 Å². The summed E-state index contributed by atoms with van der Waals surface area (Å²) < 4.78 is 23.1. The van der Waals surface area contributed by atoms with E-state index in [0.717, 1.165) is 0 Å². The summed E-state index contributed by atoms with van der Waals surface area (Å²) >= 11 is 1.41. The molecule has 2 aliphatic heterocycles. The Morgan fingerprint density at radius 1 is 1.30 bits per heavy atom. The Morgan fingerprint density at radius 3 is 2.50 bits per heavy atom. The van der Waals surface area contributed by atoms with Gasteiger partial charge in [-0.3, -0.25) is 4.90 Å². The second-order valence-corrected chi connectivity index (χ2v) is 8.71. The topological polar surface area (TPSA) is 95.0 Å². The van der Waals surface area contributed by atoms with E-state index in [4.69, 9.17) is 0 Å². The van der Waals surface area contributed by atoms with Crippen molar-refractivity contribution < 1.29 is 23.1 Å². The van der Waals surface area contributed by atoms with Crippen molar-refractivity contribution in [3.05, 3.63) is 0 Å². The van der Waals surface area contributed by atoms with Crippen molar-refractivity contribution in [2.45, 2.75) is 31.3 Å². The van der Waals surface area contributed by atoms with E-state index in [0.29, 0.717) is 5.75 Å². The lowest BCUT2D eigenvalue weighted by atomic mass is 10.2. The predicted molar refractivity (Wildman–Crippen MR) is 75.4 cm³/mol.